The summed E-state index contributed by atoms with van der Waals surface area (Å²) in [5.41, 5.74) is 1.88. The van der Waals surface area contributed by atoms with Crippen LogP contribution in [0.1, 0.15) is 28.8 Å². The Hall–Kier alpha value is -2.20. The van der Waals surface area contributed by atoms with Gasteiger partial charge in [0.2, 0.25) is 0 Å². The van der Waals surface area contributed by atoms with Gasteiger partial charge in [0.05, 0.1) is 5.56 Å². The van der Waals surface area contributed by atoms with Gasteiger partial charge in [-0.05, 0) is 49.7 Å². The fourth-order valence-electron chi connectivity index (χ4n) is 2.80. The third-order valence-corrected chi connectivity index (χ3v) is 3.98. The van der Waals surface area contributed by atoms with Crippen molar-refractivity contribution in [2.24, 2.45) is 0 Å². The van der Waals surface area contributed by atoms with Crippen LogP contribution in [0.15, 0.2) is 48.5 Å². The number of benzene rings is 2. The van der Waals surface area contributed by atoms with Crippen LogP contribution in [-0.2, 0) is 6.54 Å². The van der Waals surface area contributed by atoms with E-state index in [2.05, 4.69) is 10.2 Å². The molecule has 1 aliphatic heterocycles. The quantitative estimate of drug-likeness (QED) is 0.934. The summed E-state index contributed by atoms with van der Waals surface area (Å²) < 4.78 is 13.7. The van der Waals surface area contributed by atoms with Crippen LogP contribution in [0.3, 0.4) is 0 Å². The number of amides is 1. The van der Waals surface area contributed by atoms with E-state index in [-0.39, 0.29) is 5.56 Å². The Kier molecular flexibility index (Phi) is 4.49. The molecular weight excluding hydrogens is 279 g/mol. The molecule has 1 heterocycles. The van der Waals surface area contributed by atoms with Crippen LogP contribution < -0.4 is 5.32 Å². The van der Waals surface area contributed by atoms with Crippen LogP contribution in [0.4, 0.5) is 10.1 Å². The molecule has 0 saturated carbocycles. The van der Waals surface area contributed by atoms with Crippen molar-refractivity contribution in [3.63, 3.8) is 0 Å². The molecule has 114 valence electrons. The average molecular weight is 298 g/mol. The van der Waals surface area contributed by atoms with Crippen molar-refractivity contribution in [1.29, 1.82) is 0 Å². The van der Waals surface area contributed by atoms with Crippen molar-refractivity contribution in [3.05, 3.63) is 65.5 Å². The number of para-hydroxylation sites is 1. The minimum Gasteiger partial charge on any atom is -0.322 e. The second kappa shape index (κ2) is 6.71. The zero-order chi connectivity index (χ0) is 15.4. The minimum absolute atomic E-state index is 0.0680. The van der Waals surface area contributed by atoms with Gasteiger partial charge in [-0.15, -0.1) is 0 Å². The van der Waals surface area contributed by atoms with Crippen LogP contribution in [0, 0.1) is 5.82 Å². The number of hydrogen-bond acceptors (Lipinski definition) is 2. The minimum atomic E-state index is -0.503. The summed E-state index contributed by atoms with van der Waals surface area (Å²) in [5, 5.41) is 2.84. The largest absolute Gasteiger partial charge is 0.322 e. The van der Waals surface area contributed by atoms with Crippen molar-refractivity contribution in [2.45, 2.75) is 19.4 Å². The van der Waals surface area contributed by atoms with Gasteiger partial charge in [-0.3, -0.25) is 9.69 Å². The molecule has 0 spiro atoms. The van der Waals surface area contributed by atoms with Gasteiger partial charge in [-0.1, -0.05) is 30.3 Å². The van der Waals surface area contributed by atoms with E-state index in [0.29, 0.717) is 0 Å². The molecule has 0 unspecified atom stereocenters. The first kappa shape index (κ1) is 14.7. The molecule has 1 amide bonds. The van der Waals surface area contributed by atoms with E-state index in [1.165, 1.54) is 25.0 Å². The molecule has 2 aromatic carbocycles. The van der Waals surface area contributed by atoms with Crippen LogP contribution in [-0.4, -0.2) is 23.9 Å². The molecule has 2 aromatic rings. The lowest BCUT2D eigenvalue weighted by atomic mass is 10.1. The number of hydrogen-bond donors (Lipinski definition) is 1. The van der Waals surface area contributed by atoms with E-state index in [4.69, 9.17) is 0 Å². The van der Waals surface area contributed by atoms with Crippen molar-refractivity contribution in [3.8, 4) is 0 Å². The van der Waals surface area contributed by atoms with Crippen LogP contribution >= 0.6 is 0 Å². The molecule has 0 aromatic heterocycles. The number of nitrogens with one attached hydrogen (secondary N) is 1. The summed E-state index contributed by atoms with van der Waals surface area (Å²) in [7, 11) is 0. The molecule has 0 atom stereocenters. The monoisotopic (exact) mass is 298 g/mol. The van der Waals surface area contributed by atoms with E-state index in [0.717, 1.165) is 30.9 Å². The summed E-state index contributed by atoms with van der Waals surface area (Å²) in [4.78, 5) is 14.6. The Balaban J connectivity index is 1.77. The maximum atomic E-state index is 13.7. The van der Waals surface area contributed by atoms with Gasteiger partial charge in [0.15, 0.2) is 0 Å². The Bertz CT molecular complexity index is 666. The number of halogens is 1. The molecule has 0 radical (unpaired) electrons. The summed E-state index contributed by atoms with van der Waals surface area (Å²) >= 11 is 0. The second-order valence-electron chi connectivity index (χ2n) is 5.57. The van der Waals surface area contributed by atoms with Crippen molar-refractivity contribution < 1.29 is 9.18 Å². The van der Waals surface area contributed by atoms with Crippen molar-refractivity contribution in [1.82, 2.24) is 4.90 Å². The Morgan fingerprint density at radius 3 is 2.50 bits per heavy atom. The van der Waals surface area contributed by atoms with E-state index in [1.54, 1.807) is 12.1 Å². The normalized spacial score (nSPS) is 15.0. The SMILES string of the molecule is O=C(Nc1ccccc1CN1CCCC1)c1ccccc1F. The van der Waals surface area contributed by atoms with Gasteiger partial charge in [0.25, 0.3) is 5.91 Å². The van der Waals surface area contributed by atoms with E-state index < -0.39 is 11.7 Å². The zero-order valence-electron chi connectivity index (χ0n) is 12.4. The van der Waals surface area contributed by atoms with Gasteiger partial charge >= 0.3 is 0 Å². The smallest absolute Gasteiger partial charge is 0.258 e. The van der Waals surface area contributed by atoms with Gasteiger partial charge in [0, 0.05) is 12.2 Å². The molecule has 1 N–H and O–H groups in total. The second-order valence-corrected chi connectivity index (χ2v) is 5.57. The predicted molar refractivity (Wildman–Crippen MR) is 85.3 cm³/mol. The first-order chi connectivity index (χ1) is 10.7. The number of anilines is 1. The third kappa shape index (κ3) is 3.34. The fourth-order valence-corrected chi connectivity index (χ4v) is 2.80. The van der Waals surface area contributed by atoms with E-state index in [1.807, 2.05) is 24.3 Å². The maximum Gasteiger partial charge on any atom is 0.258 e. The average Bonchev–Trinajstić information content (AvgIpc) is 3.02. The van der Waals surface area contributed by atoms with E-state index in [9.17, 15) is 9.18 Å². The summed E-state index contributed by atoms with van der Waals surface area (Å²) in [6.07, 6.45) is 2.45. The van der Waals surface area contributed by atoms with Gasteiger partial charge in [0.1, 0.15) is 5.82 Å². The number of likely N-dealkylation sites (tertiary alicyclic amines) is 1. The lowest BCUT2D eigenvalue weighted by Gasteiger charge is -2.18. The first-order valence-electron chi connectivity index (χ1n) is 7.60. The van der Waals surface area contributed by atoms with Crippen LogP contribution in [0.5, 0.6) is 0 Å². The van der Waals surface area contributed by atoms with Gasteiger partial charge < -0.3 is 5.32 Å². The standard InChI is InChI=1S/C18H19FN2O/c19-16-9-3-2-8-15(16)18(22)20-17-10-4-1-7-14(17)13-21-11-5-6-12-21/h1-4,7-10H,5-6,11-13H2,(H,20,22). The van der Waals surface area contributed by atoms with Crippen molar-refractivity contribution in [2.75, 3.05) is 18.4 Å². The molecule has 3 nitrogen and oxygen atoms in total. The highest BCUT2D eigenvalue weighted by molar-refractivity contribution is 6.04. The number of nitrogens with zero attached hydrogens (tertiary/aromatic N) is 1. The first-order valence-corrected chi connectivity index (χ1v) is 7.60. The predicted octanol–water partition coefficient (Wildman–Crippen LogP) is 3.67. The molecule has 0 aliphatic carbocycles. The highest BCUT2D eigenvalue weighted by atomic mass is 19.1. The summed E-state index contributed by atoms with van der Waals surface area (Å²) in [5.74, 6) is -0.913. The Morgan fingerprint density at radius 2 is 1.73 bits per heavy atom. The summed E-state index contributed by atoms with van der Waals surface area (Å²) in [6.45, 7) is 3.00. The molecule has 22 heavy (non-hydrogen) atoms. The molecule has 0 bridgehead atoms. The highest BCUT2D eigenvalue weighted by Crippen LogP contribution is 2.21. The summed E-state index contributed by atoms with van der Waals surface area (Å²) in [6, 6.07) is 13.7. The molecule has 3 rings (SSSR count). The molecular formula is C18H19FN2O. The fraction of sp³-hybridized carbons (Fsp3) is 0.278. The van der Waals surface area contributed by atoms with Crippen molar-refractivity contribution >= 4 is 11.6 Å². The van der Waals surface area contributed by atoms with Gasteiger partial charge in [-0.2, -0.15) is 0 Å². The highest BCUT2D eigenvalue weighted by Gasteiger charge is 2.16. The molecule has 1 fully saturated rings. The zero-order valence-corrected chi connectivity index (χ0v) is 12.4. The maximum absolute atomic E-state index is 13.7. The van der Waals surface area contributed by atoms with E-state index >= 15 is 0 Å². The van der Waals surface area contributed by atoms with Gasteiger partial charge in [-0.25, -0.2) is 4.39 Å². The van der Waals surface area contributed by atoms with Crippen LogP contribution in [0.2, 0.25) is 0 Å². The lowest BCUT2D eigenvalue weighted by Crippen LogP contribution is -2.21. The Labute approximate surface area is 129 Å². The number of carbonyl (C=O) groups is 1. The lowest BCUT2D eigenvalue weighted by molar-refractivity contribution is 0.102. The number of carbonyl (C=O) groups excluding carboxylic acids is 1. The van der Waals surface area contributed by atoms with Crippen LogP contribution in [0.25, 0.3) is 0 Å². The molecule has 1 aliphatic rings. The molecule has 4 heteroatoms. The third-order valence-electron chi connectivity index (χ3n) is 3.98. The topological polar surface area (TPSA) is 32.3 Å². The number of rotatable bonds is 4. The molecule has 1 saturated heterocycles. The Morgan fingerprint density at radius 1 is 1.05 bits per heavy atom.